The average molecular weight is 210 g/mol. The SMILES string of the molecule is CC(C)C#CCNC(=O)NCCC(C)C. The molecule has 2 amide bonds. The van der Waals surface area contributed by atoms with Crippen molar-refractivity contribution in [2.75, 3.05) is 13.1 Å². The van der Waals surface area contributed by atoms with Crippen molar-refractivity contribution in [1.29, 1.82) is 0 Å². The van der Waals surface area contributed by atoms with Crippen LogP contribution in [0.5, 0.6) is 0 Å². The van der Waals surface area contributed by atoms with Crippen LogP contribution in [-0.4, -0.2) is 19.1 Å². The van der Waals surface area contributed by atoms with E-state index < -0.39 is 0 Å². The van der Waals surface area contributed by atoms with E-state index in [9.17, 15) is 4.79 Å². The molecular formula is C12H22N2O. The fourth-order valence-electron chi connectivity index (χ4n) is 0.917. The fraction of sp³-hybridized carbons (Fsp3) is 0.750. The summed E-state index contributed by atoms with van der Waals surface area (Å²) in [6.07, 6.45) is 1.01. The smallest absolute Gasteiger partial charge is 0.315 e. The Kier molecular flexibility index (Phi) is 7.53. The number of hydrogen-bond acceptors (Lipinski definition) is 1. The Morgan fingerprint density at radius 3 is 2.40 bits per heavy atom. The molecule has 0 saturated carbocycles. The summed E-state index contributed by atoms with van der Waals surface area (Å²) in [6.45, 7) is 9.46. The molecule has 3 heteroatoms. The van der Waals surface area contributed by atoms with Crippen molar-refractivity contribution in [3.8, 4) is 11.8 Å². The van der Waals surface area contributed by atoms with Crippen LogP contribution < -0.4 is 10.6 Å². The highest BCUT2D eigenvalue weighted by atomic mass is 16.2. The van der Waals surface area contributed by atoms with Gasteiger partial charge in [-0.2, -0.15) is 0 Å². The molecule has 0 atom stereocenters. The van der Waals surface area contributed by atoms with Crippen molar-refractivity contribution in [3.63, 3.8) is 0 Å². The fourth-order valence-corrected chi connectivity index (χ4v) is 0.917. The first-order valence-electron chi connectivity index (χ1n) is 5.52. The van der Waals surface area contributed by atoms with Crippen molar-refractivity contribution in [3.05, 3.63) is 0 Å². The van der Waals surface area contributed by atoms with Gasteiger partial charge in [0.2, 0.25) is 0 Å². The van der Waals surface area contributed by atoms with Crippen LogP contribution in [0.25, 0.3) is 0 Å². The van der Waals surface area contributed by atoms with Crippen LogP contribution in [-0.2, 0) is 0 Å². The molecule has 0 unspecified atom stereocenters. The van der Waals surface area contributed by atoms with Gasteiger partial charge in [-0.1, -0.05) is 39.5 Å². The number of nitrogens with one attached hydrogen (secondary N) is 2. The second-order valence-corrected chi connectivity index (χ2v) is 4.27. The van der Waals surface area contributed by atoms with Gasteiger partial charge in [-0.3, -0.25) is 0 Å². The minimum Gasteiger partial charge on any atom is -0.338 e. The van der Waals surface area contributed by atoms with Gasteiger partial charge in [-0.05, 0) is 12.3 Å². The molecular weight excluding hydrogens is 188 g/mol. The van der Waals surface area contributed by atoms with Crippen LogP contribution in [0, 0.1) is 23.7 Å². The molecule has 0 radical (unpaired) electrons. The van der Waals surface area contributed by atoms with Gasteiger partial charge in [0.05, 0.1) is 6.54 Å². The molecule has 86 valence electrons. The molecule has 0 aromatic carbocycles. The molecule has 2 N–H and O–H groups in total. The quantitative estimate of drug-likeness (QED) is 0.685. The molecule has 0 aliphatic carbocycles. The van der Waals surface area contributed by atoms with Crippen LogP contribution >= 0.6 is 0 Å². The number of carbonyl (C=O) groups is 1. The summed E-state index contributed by atoms with van der Waals surface area (Å²) in [4.78, 5) is 11.2. The van der Waals surface area contributed by atoms with Gasteiger partial charge in [0.1, 0.15) is 0 Å². The number of hydrogen-bond donors (Lipinski definition) is 2. The Hall–Kier alpha value is -1.17. The van der Waals surface area contributed by atoms with Crippen LogP contribution in [0.15, 0.2) is 0 Å². The van der Waals surface area contributed by atoms with Gasteiger partial charge >= 0.3 is 6.03 Å². The zero-order valence-electron chi connectivity index (χ0n) is 10.2. The number of rotatable bonds is 4. The monoisotopic (exact) mass is 210 g/mol. The molecule has 0 aliphatic heterocycles. The molecule has 3 nitrogen and oxygen atoms in total. The van der Waals surface area contributed by atoms with Crippen LogP contribution in [0.4, 0.5) is 4.79 Å². The maximum absolute atomic E-state index is 11.2. The van der Waals surface area contributed by atoms with Gasteiger partial charge in [-0.25, -0.2) is 4.79 Å². The maximum Gasteiger partial charge on any atom is 0.315 e. The average Bonchev–Trinajstić information content (AvgIpc) is 2.11. The van der Waals surface area contributed by atoms with Crippen molar-refractivity contribution in [2.24, 2.45) is 11.8 Å². The molecule has 0 heterocycles. The van der Waals surface area contributed by atoms with Crippen molar-refractivity contribution in [2.45, 2.75) is 34.1 Å². The summed E-state index contributed by atoms with van der Waals surface area (Å²) in [7, 11) is 0. The number of carbonyl (C=O) groups excluding carboxylic acids is 1. The maximum atomic E-state index is 11.2. The lowest BCUT2D eigenvalue weighted by molar-refractivity contribution is 0.241. The third-order valence-corrected chi connectivity index (χ3v) is 1.74. The number of amides is 2. The van der Waals surface area contributed by atoms with Gasteiger partial charge < -0.3 is 10.6 Å². The van der Waals surface area contributed by atoms with E-state index in [0.29, 0.717) is 18.4 Å². The van der Waals surface area contributed by atoms with Gasteiger partial charge in [0.15, 0.2) is 0 Å². The number of urea groups is 1. The minimum absolute atomic E-state index is 0.131. The van der Waals surface area contributed by atoms with Crippen LogP contribution in [0.1, 0.15) is 34.1 Å². The largest absolute Gasteiger partial charge is 0.338 e. The van der Waals surface area contributed by atoms with Gasteiger partial charge in [0, 0.05) is 12.5 Å². The van der Waals surface area contributed by atoms with Gasteiger partial charge in [-0.15, -0.1) is 0 Å². The zero-order chi connectivity index (χ0) is 11.7. The Bertz CT molecular complexity index is 236. The second-order valence-electron chi connectivity index (χ2n) is 4.27. The molecule has 0 aliphatic rings. The molecule has 0 bridgehead atoms. The third-order valence-electron chi connectivity index (χ3n) is 1.74. The predicted octanol–water partition coefficient (Wildman–Crippen LogP) is 1.99. The van der Waals surface area contributed by atoms with Crippen LogP contribution in [0.2, 0.25) is 0 Å². The first-order chi connectivity index (χ1) is 7.02. The highest BCUT2D eigenvalue weighted by Crippen LogP contribution is 1.95. The predicted molar refractivity (Wildman–Crippen MR) is 63.5 cm³/mol. The summed E-state index contributed by atoms with van der Waals surface area (Å²) in [5.74, 6) is 6.85. The lowest BCUT2D eigenvalue weighted by Gasteiger charge is -2.06. The molecule has 0 rings (SSSR count). The molecule has 15 heavy (non-hydrogen) atoms. The first-order valence-corrected chi connectivity index (χ1v) is 5.52. The van der Waals surface area contributed by atoms with E-state index in [0.717, 1.165) is 13.0 Å². The summed E-state index contributed by atoms with van der Waals surface area (Å²) in [5.41, 5.74) is 0. The van der Waals surface area contributed by atoms with E-state index in [2.05, 4.69) is 36.3 Å². The van der Waals surface area contributed by atoms with E-state index in [1.165, 1.54) is 0 Å². The summed E-state index contributed by atoms with van der Waals surface area (Å²) in [5, 5.41) is 5.47. The van der Waals surface area contributed by atoms with Crippen molar-refractivity contribution in [1.82, 2.24) is 10.6 Å². The lowest BCUT2D eigenvalue weighted by atomic mass is 10.1. The molecule has 0 spiro atoms. The van der Waals surface area contributed by atoms with Crippen molar-refractivity contribution < 1.29 is 4.79 Å². The van der Waals surface area contributed by atoms with Crippen LogP contribution in [0.3, 0.4) is 0 Å². The van der Waals surface area contributed by atoms with Crippen molar-refractivity contribution >= 4 is 6.03 Å². The first kappa shape index (κ1) is 13.8. The second kappa shape index (κ2) is 8.16. The van der Waals surface area contributed by atoms with E-state index in [4.69, 9.17) is 0 Å². The molecule has 0 aromatic rings. The highest BCUT2D eigenvalue weighted by Gasteiger charge is 1.98. The molecule has 0 aromatic heterocycles. The topological polar surface area (TPSA) is 41.1 Å². The normalized spacial score (nSPS) is 9.73. The van der Waals surface area contributed by atoms with E-state index >= 15 is 0 Å². The lowest BCUT2D eigenvalue weighted by Crippen LogP contribution is -2.36. The standard InChI is InChI=1S/C12H22N2O/c1-10(2)6-5-8-13-12(15)14-9-7-11(3)4/h10-11H,7-9H2,1-4H3,(H2,13,14,15). The third kappa shape index (κ3) is 10.8. The summed E-state index contributed by atoms with van der Waals surface area (Å²) in [6, 6.07) is -0.131. The van der Waals surface area contributed by atoms with E-state index in [1.54, 1.807) is 0 Å². The van der Waals surface area contributed by atoms with E-state index in [1.807, 2.05) is 13.8 Å². The summed E-state index contributed by atoms with van der Waals surface area (Å²) < 4.78 is 0. The Labute approximate surface area is 93.0 Å². The zero-order valence-corrected chi connectivity index (χ0v) is 10.2. The Balaban J connectivity index is 3.47. The highest BCUT2D eigenvalue weighted by molar-refractivity contribution is 5.74. The Morgan fingerprint density at radius 2 is 1.87 bits per heavy atom. The molecule has 0 saturated heterocycles. The Morgan fingerprint density at radius 1 is 1.20 bits per heavy atom. The van der Waals surface area contributed by atoms with E-state index in [-0.39, 0.29) is 6.03 Å². The minimum atomic E-state index is -0.131. The van der Waals surface area contributed by atoms with Gasteiger partial charge in [0.25, 0.3) is 0 Å². The summed E-state index contributed by atoms with van der Waals surface area (Å²) >= 11 is 0. The molecule has 0 fully saturated rings.